The number of nitrogens with zero attached hydrogens (tertiary/aromatic N) is 4. The van der Waals surface area contributed by atoms with E-state index in [0.717, 1.165) is 73.9 Å². The Morgan fingerprint density at radius 1 is 1.14 bits per heavy atom. The number of benzene rings is 1. The Balaban J connectivity index is 1.49. The number of imidazole rings is 1. The van der Waals surface area contributed by atoms with Crippen LogP contribution in [-0.4, -0.2) is 37.7 Å². The van der Waals surface area contributed by atoms with Gasteiger partial charge in [0.15, 0.2) is 0 Å². The van der Waals surface area contributed by atoms with Crippen molar-refractivity contribution in [1.29, 1.82) is 0 Å². The molecule has 0 saturated carbocycles. The Hall–Kier alpha value is -2.61. The first-order valence-corrected chi connectivity index (χ1v) is 9.42. The Morgan fingerprint density at radius 2 is 1.93 bits per heavy atom. The average molecular weight is 389 g/mol. The molecule has 148 valence electrons. The largest absolute Gasteiger partial charge is 0.416 e. The summed E-state index contributed by atoms with van der Waals surface area (Å²) in [5.74, 6) is 1.08. The van der Waals surface area contributed by atoms with E-state index in [0.29, 0.717) is 5.56 Å². The van der Waals surface area contributed by atoms with Gasteiger partial charge in [0.2, 0.25) is 0 Å². The highest BCUT2D eigenvalue weighted by Gasteiger charge is 2.30. The van der Waals surface area contributed by atoms with Gasteiger partial charge in [0, 0.05) is 68.2 Å². The molecule has 0 aliphatic carbocycles. The number of hydrogen-bond acceptors (Lipinski definition) is 3. The van der Waals surface area contributed by atoms with Crippen LogP contribution in [0.25, 0.3) is 11.3 Å². The van der Waals surface area contributed by atoms with E-state index in [1.165, 1.54) is 12.1 Å². The number of nitrogens with one attached hydrogen (secondary N) is 1. The van der Waals surface area contributed by atoms with Crippen LogP contribution in [0.15, 0.2) is 36.7 Å². The van der Waals surface area contributed by atoms with Crippen molar-refractivity contribution in [3.63, 3.8) is 0 Å². The predicted molar refractivity (Wildman–Crippen MR) is 99.6 cm³/mol. The lowest BCUT2D eigenvalue weighted by Gasteiger charge is -2.27. The Labute approximate surface area is 161 Å². The van der Waals surface area contributed by atoms with Gasteiger partial charge in [-0.15, -0.1) is 0 Å². The zero-order chi connectivity index (χ0) is 19.7. The van der Waals surface area contributed by atoms with E-state index in [2.05, 4.69) is 31.6 Å². The van der Waals surface area contributed by atoms with Crippen molar-refractivity contribution in [3.05, 3.63) is 59.3 Å². The second-order valence-electron chi connectivity index (χ2n) is 7.02. The Morgan fingerprint density at radius 3 is 2.64 bits per heavy atom. The van der Waals surface area contributed by atoms with Crippen LogP contribution >= 0.6 is 0 Å². The molecule has 2 aromatic heterocycles. The third kappa shape index (κ3) is 3.69. The van der Waals surface area contributed by atoms with Crippen LogP contribution in [0.3, 0.4) is 0 Å². The molecule has 1 aliphatic rings. The number of aromatic amines is 1. The minimum absolute atomic E-state index is 0.644. The van der Waals surface area contributed by atoms with Crippen molar-refractivity contribution in [2.45, 2.75) is 39.0 Å². The first kappa shape index (κ1) is 18.7. The molecule has 1 N–H and O–H groups in total. The van der Waals surface area contributed by atoms with E-state index in [1.807, 2.05) is 12.4 Å². The summed E-state index contributed by atoms with van der Waals surface area (Å²) in [7, 11) is 0. The minimum atomic E-state index is -4.33. The number of rotatable bonds is 5. The number of H-pyrrole nitrogens is 1. The molecule has 0 atom stereocenters. The van der Waals surface area contributed by atoms with Gasteiger partial charge in [-0.05, 0) is 12.1 Å². The number of aryl methyl sites for hydroxylation is 1. The van der Waals surface area contributed by atoms with Crippen LogP contribution in [0.1, 0.15) is 29.6 Å². The smallest absolute Gasteiger partial charge is 0.334 e. The molecule has 0 amide bonds. The molecule has 3 heterocycles. The van der Waals surface area contributed by atoms with Gasteiger partial charge in [0.25, 0.3) is 0 Å². The summed E-state index contributed by atoms with van der Waals surface area (Å²) in [6, 6.07) is 5.22. The Kier molecular flexibility index (Phi) is 4.97. The van der Waals surface area contributed by atoms with Gasteiger partial charge in [0.1, 0.15) is 5.82 Å². The van der Waals surface area contributed by atoms with Crippen molar-refractivity contribution >= 4 is 0 Å². The van der Waals surface area contributed by atoms with Gasteiger partial charge in [-0.2, -0.15) is 18.3 Å². The molecule has 0 radical (unpaired) electrons. The standard InChI is InChI=1S/C20H22F3N5/c1-2-18-24-8-10-28(18)12-11-27-9-7-17-16(13-27)19(26-25-17)14-3-5-15(6-4-14)20(21,22)23/h3-6,8,10H,2,7,9,11-13H2,1H3,(H,25,26). The lowest BCUT2D eigenvalue weighted by atomic mass is 10.00. The number of aromatic nitrogens is 4. The number of alkyl halides is 3. The van der Waals surface area contributed by atoms with Crippen LogP contribution in [0.2, 0.25) is 0 Å². The van der Waals surface area contributed by atoms with E-state index in [-0.39, 0.29) is 0 Å². The molecule has 8 heteroatoms. The second kappa shape index (κ2) is 7.43. The summed E-state index contributed by atoms with van der Waals surface area (Å²) < 4.78 is 40.6. The quantitative estimate of drug-likeness (QED) is 0.720. The van der Waals surface area contributed by atoms with Gasteiger partial charge in [-0.25, -0.2) is 4.98 Å². The maximum absolute atomic E-state index is 12.8. The normalized spacial score (nSPS) is 15.0. The fourth-order valence-electron chi connectivity index (χ4n) is 3.70. The van der Waals surface area contributed by atoms with Gasteiger partial charge < -0.3 is 4.57 Å². The zero-order valence-electron chi connectivity index (χ0n) is 15.6. The lowest BCUT2D eigenvalue weighted by Crippen LogP contribution is -2.33. The summed E-state index contributed by atoms with van der Waals surface area (Å²) in [4.78, 5) is 6.71. The second-order valence-corrected chi connectivity index (χ2v) is 7.02. The van der Waals surface area contributed by atoms with E-state index in [1.54, 1.807) is 0 Å². The van der Waals surface area contributed by atoms with E-state index in [4.69, 9.17) is 0 Å². The number of fused-ring (bicyclic) bond motifs is 1. The highest BCUT2D eigenvalue weighted by molar-refractivity contribution is 5.64. The third-order valence-corrected chi connectivity index (χ3v) is 5.27. The minimum Gasteiger partial charge on any atom is -0.334 e. The molecule has 0 spiro atoms. The van der Waals surface area contributed by atoms with E-state index < -0.39 is 11.7 Å². The fraction of sp³-hybridized carbons (Fsp3) is 0.400. The molecular formula is C20H22F3N5. The number of halogens is 3. The monoisotopic (exact) mass is 389 g/mol. The fourth-order valence-corrected chi connectivity index (χ4v) is 3.70. The summed E-state index contributed by atoms with van der Waals surface area (Å²) in [6.07, 6.45) is 1.25. The predicted octanol–water partition coefficient (Wildman–Crippen LogP) is 3.91. The average Bonchev–Trinajstić information content (AvgIpc) is 3.32. The molecule has 5 nitrogen and oxygen atoms in total. The molecular weight excluding hydrogens is 367 g/mol. The van der Waals surface area contributed by atoms with Crippen molar-refractivity contribution in [2.75, 3.05) is 13.1 Å². The van der Waals surface area contributed by atoms with Crippen molar-refractivity contribution in [3.8, 4) is 11.3 Å². The van der Waals surface area contributed by atoms with Gasteiger partial charge in [0.05, 0.1) is 11.3 Å². The molecule has 0 fully saturated rings. The summed E-state index contributed by atoms with van der Waals surface area (Å²) in [5.41, 5.74) is 2.95. The number of hydrogen-bond donors (Lipinski definition) is 1. The molecule has 3 aromatic rings. The van der Waals surface area contributed by atoms with Crippen LogP contribution in [-0.2, 0) is 32.1 Å². The van der Waals surface area contributed by atoms with Crippen molar-refractivity contribution in [2.24, 2.45) is 0 Å². The van der Waals surface area contributed by atoms with Crippen LogP contribution < -0.4 is 0 Å². The first-order chi connectivity index (χ1) is 13.5. The molecule has 0 unspecified atom stereocenters. The van der Waals surface area contributed by atoms with Crippen molar-refractivity contribution < 1.29 is 13.2 Å². The van der Waals surface area contributed by atoms with Crippen molar-refractivity contribution in [1.82, 2.24) is 24.6 Å². The SMILES string of the molecule is CCc1nccn1CCN1CCc2[nH]nc(-c3ccc(C(F)(F)F)cc3)c2C1. The summed E-state index contributed by atoms with van der Waals surface area (Å²) in [5, 5.41) is 7.45. The maximum Gasteiger partial charge on any atom is 0.416 e. The first-order valence-electron chi connectivity index (χ1n) is 9.42. The van der Waals surface area contributed by atoms with E-state index in [9.17, 15) is 13.2 Å². The van der Waals surface area contributed by atoms with E-state index >= 15 is 0 Å². The van der Waals surface area contributed by atoms with Crippen LogP contribution in [0.4, 0.5) is 13.2 Å². The van der Waals surface area contributed by atoms with Gasteiger partial charge >= 0.3 is 6.18 Å². The van der Waals surface area contributed by atoms with Crippen LogP contribution in [0, 0.1) is 0 Å². The summed E-state index contributed by atoms with van der Waals surface area (Å²) >= 11 is 0. The highest BCUT2D eigenvalue weighted by Crippen LogP contribution is 2.33. The third-order valence-electron chi connectivity index (χ3n) is 5.27. The molecule has 1 aliphatic heterocycles. The molecule has 1 aromatic carbocycles. The Bertz CT molecular complexity index is 940. The topological polar surface area (TPSA) is 49.7 Å². The zero-order valence-corrected chi connectivity index (χ0v) is 15.6. The van der Waals surface area contributed by atoms with Gasteiger partial charge in [-0.1, -0.05) is 19.1 Å². The molecule has 28 heavy (non-hydrogen) atoms. The lowest BCUT2D eigenvalue weighted by molar-refractivity contribution is -0.137. The molecule has 0 saturated heterocycles. The molecule has 0 bridgehead atoms. The summed E-state index contributed by atoms with van der Waals surface area (Å²) in [6.45, 7) is 5.51. The highest BCUT2D eigenvalue weighted by atomic mass is 19.4. The molecule has 4 rings (SSSR count). The van der Waals surface area contributed by atoms with Gasteiger partial charge in [-0.3, -0.25) is 10.00 Å². The van der Waals surface area contributed by atoms with Crippen LogP contribution in [0.5, 0.6) is 0 Å². The maximum atomic E-state index is 12.8.